The summed E-state index contributed by atoms with van der Waals surface area (Å²) >= 11 is 0. The molecule has 4 rings (SSSR count). The molecule has 1 amide bonds. The first-order valence-electron chi connectivity index (χ1n) is 9.61. The number of nitrogens with two attached hydrogens (primary N) is 1. The minimum absolute atomic E-state index is 0.116. The van der Waals surface area contributed by atoms with Crippen LogP contribution < -0.4 is 20.7 Å². The molecule has 0 bridgehead atoms. The van der Waals surface area contributed by atoms with Crippen LogP contribution in [0, 0.1) is 0 Å². The standard InChI is InChI=1S/C23H23N3O3/c1-29-22-12-20(11-21(27)13-22)25-18-5-3-16(4-6-18)23(28)26-19-7-2-15-8-9-24-14-17(15)10-19/h2-7,10-13,24-25,27H,8-9,14H2,1H3,(H,26,28)/p+1. The van der Waals surface area contributed by atoms with Crippen molar-refractivity contribution in [2.24, 2.45) is 0 Å². The summed E-state index contributed by atoms with van der Waals surface area (Å²) in [6.07, 6.45) is 1.07. The molecule has 0 spiro atoms. The van der Waals surface area contributed by atoms with Gasteiger partial charge in [0.2, 0.25) is 0 Å². The maximum absolute atomic E-state index is 12.6. The zero-order valence-corrected chi connectivity index (χ0v) is 16.2. The molecule has 0 atom stereocenters. The Morgan fingerprint density at radius 1 is 0.966 bits per heavy atom. The second-order valence-corrected chi connectivity index (χ2v) is 7.09. The van der Waals surface area contributed by atoms with Crippen molar-refractivity contribution >= 4 is 23.0 Å². The number of phenolic OH excluding ortho intramolecular Hbond substituents is 1. The Labute approximate surface area is 169 Å². The van der Waals surface area contributed by atoms with Crippen molar-refractivity contribution in [2.45, 2.75) is 13.0 Å². The molecule has 0 fully saturated rings. The lowest BCUT2D eigenvalue weighted by atomic mass is 10.0. The van der Waals surface area contributed by atoms with E-state index < -0.39 is 0 Å². The fraction of sp³-hybridized carbons (Fsp3) is 0.174. The summed E-state index contributed by atoms with van der Waals surface area (Å²) in [4.78, 5) is 12.6. The van der Waals surface area contributed by atoms with Gasteiger partial charge in [-0.15, -0.1) is 0 Å². The van der Waals surface area contributed by atoms with E-state index in [-0.39, 0.29) is 11.7 Å². The highest BCUT2D eigenvalue weighted by molar-refractivity contribution is 6.04. The van der Waals surface area contributed by atoms with Gasteiger partial charge in [-0.3, -0.25) is 4.79 Å². The van der Waals surface area contributed by atoms with Crippen LogP contribution in [-0.4, -0.2) is 24.7 Å². The van der Waals surface area contributed by atoms with Crippen molar-refractivity contribution in [3.63, 3.8) is 0 Å². The van der Waals surface area contributed by atoms with Gasteiger partial charge in [0.05, 0.1) is 13.7 Å². The Hall–Kier alpha value is -3.51. The van der Waals surface area contributed by atoms with Crippen LogP contribution in [0.2, 0.25) is 0 Å². The first-order valence-corrected chi connectivity index (χ1v) is 9.61. The third kappa shape index (κ3) is 4.50. The molecule has 1 aliphatic heterocycles. The molecular weight excluding hydrogens is 366 g/mol. The van der Waals surface area contributed by atoms with E-state index in [1.807, 2.05) is 18.2 Å². The van der Waals surface area contributed by atoms with E-state index in [0.29, 0.717) is 17.0 Å². The van der Waals surface area contributed by atoms with Crippen molar-refractivity contribution in [1.82, 2.24) is 0 Å². The Balaban J connectivity index is 1.43. The summed E-state index contributed by atoms with van der Waals surface area (Å²) in [5, 5.41) is 18.2. The second kappa shape index (κ2) is 8.24. The van der Waals surface area contributed by atoms with E-state index >= 15 is 0 Å². The van der Waals surface area contributed by atoms with Gasteiger partial charge in [-0.25, -0.2) is 0 Å². The predicted molar refractivity (Wildman–Crippen MR) is 113 cm³/mol. The maximum atomic E-state index is 12.6. The highest BCUT2D eigenvalue weighted by Gasteiger charge is 2.13. The number of phenols is 1. The van der Waals surface area contributed by atoms with Gasteiger partial charge < -0.3 is 25.8 Å². The van der Waals surface area contributed by atoms with Gasteiger partial charge >= 0.3 is 0 Å². The Kier molecular flexibility index (Phi) is 5.35. The van der Waals surface area contributed by atoms with Crippen LogP contribution in [-0.2, 0) is 13.0 Å². The third-order valence-corrected chi connectivity index (χ3v) is 5.01. The number of carbonyl (C=O) groups is 1. The summed E-state index contributed by atoms with van der Waals surface area (Å²) in [6.45, 7) is 2.08. The van der Waals surface area contributed by atoms with Crippen LogP contribution in [0.5, 0.6) is 11.5 Å². The number of anilines is 3. The van der Waals surface area contributed by atoms with Crippen molar-refractivity contribution in [3.05, 3.63) is 77.4 Å². The minimum atomic E-state index is -0.143. The fourth-order valence-electron chi connectivity index (χ4n) is 3.50. The Morgan fingerprint density at radius 2 is 1.76 bits per heavy atom. The average Bonchev–Trinajstić information content (AvgIpc) is 2.73. The number of benzene rings is 3. The monoisotopic (exact) mass is 390 g/mol. The van der Waals surface area contributed by atoms with Gasteiger partial charge in [-0.1, -0.05) is 6.07 Å². The van der Waals surface area contributed by atoms with E-state index in [9.17, 15) is 9.90 Å². The van der Waals surface area contributed by atoms with Gasteiger partial charge in [0.25, 0.3) is 5.91 Å². The lowest BCUT2D eigenvalue weighted by molar-refractivity contribution is -0.673. The number of hydrogen-bond donors (Lipinski definition) is 4. The second-order valence-electron chi connectivity index (χ2n) is 7.09. The molecule has 0 aromatic heterocycles. The van der Waals surface area contributed by atoms with Crippen LogP contribution in [0.4, 0.5) is 17.1 Å². The molecule has 3 aromatic carbocycles. The molecule has 5 N–H and O–H groups in total. The highest BCUT2D eigenvalue weighted by atomic mass is 16.5. The lowest BCUT2D eigenvalue weighted by Gasteiger charge is -2.16. The first-order chi connectivity index (χ1) is 14.1. The molecular formula is C23H24N3O3+. The minimum Gasteiger partial charge on any atom is -0.508 e. The van der Waals surface area contributed by atoms with E-state index in [2.05, 4.69) is 28.1 Å². The molecule has 0 saturated heterocycles. The number of fused-ring (bicyclic) bond motifs is 1. The van der Waals surface area contributed by atoms with Crippen LogP contribution in [0.25, 0.3) is 0 Å². The van der Waals surface area contributed by atoms with Crippen LogP contribution in [0.3, 0.4) is 0 Å². The van der Waals surface area contributed by atoms with Crippen molar-refractivity contribution in [2.75, 3.05) is 24.3 Å². The molecule has 0 radical (unpaired) electrons. The van der Waals surface area contributed by atoms with Crippen LogP contribution in [0.15, 0.2) is 60.7 Å². The van der Waals surface area contributed by atoms with Crippen molar-refractivity contribution < 1.29 is 20.0 Å². The van der Waals surface area contributed by atoms with Crippen molar-refractivity contribution in [3.8, 4) is 11.5 Å². The van der Waals surface area contributed by atoms with Gasteiger partial charge in [0.15, 0.2) is 0 Å². The van der Waals surface area contributed by atoms with Gasteiger partial charge in [0, 0.05) is 52.8 Å². The fourth-order valence-corrected chi connectivity index (χ4v) is 3.50. The molecule has 0 unspecified atom stereocenters. The largest absolute Gasteiger partial charge is 0.508 e. The number of nitrogens with one attached hydrogen (secondary N) is 2. The topological polar surface area (TPSA) is 87.2 Å². The number of hydrogen-bond acceptors (Lipinski definition) is 4. The Bertz CT molecular complexity index is 1030. The third-order valence-electron chi connectivity index (χ3n) is 5.01. The van der Waals surface area contributed by atoms with Crippen molar-refractivity contribution in [1.29, 1.82) is 0 Å². The summed E-state index contributed by atoms with van der Waals surface area (Å²) < 4.78 is 5.16. The summed E-state index contributed by atoms with van der Waals surface area (Å²) in [5.74, 6) is 0.534. The number of quaternary nitrogens is 1. The van der Waals surface area contributed by atoms with E-state index in [1.54, 1.807) is 31.4 Å². The normalized spacial score (nSPS) is 12.7. The van der Waals surface area contributed by atoms with Gasteiger partial charge in [-0.05, 0) is 42.0 Å². The highest BCUT2D eigenvalue weighted by Crippen LogP contribution is 2.27. The molecule has 29 heavy (non-hydrogen) atoms. The van der Waals surface area contributed by atoms with Crippen LogP contribution >= 0.6 is 0 Å². The molecule has 6 heteroatoms. The molecule has 1 aliphatic rings. The number of rotatable bonds is 5. The van der Waals surface area contributed by atoms with Gasteiger partial charge in [-0.2, -0.15) is 0 Å². The molecule has 1 heterocycles. The average molecular weight is 390 g/mol. The molecule has 148 valence electrons. The SMILES string of the molecule is COc1cc(O)cc(Nc2ccc(C(=O)Nc3ccc4c(c3)C[NH2+]CC4)cc2)c1. The maximum Gasteiger partial charge on any atom is 0.255 e. The van der Waals surface area contributed by atoms with Gasteiger partial charge in [0.1, 0.15) is 18.0 Å². The zero-order chi connectivity index (χ0) is 20.2. The number of amides is 1. The quantitative estimate of drug-likeness (QED) is 0.539. The molecule has 3 aromatic rings. The molecule has 6 nitrogen and oxygen atoms in total. The molecule has 0 saturated carbocycles. The van der Waals surface area contributed by atoms with E-state index in [4.69, 9.17) is 4.74 Å². The number of methoxy groups -OCH3 is 1. The van der Waals surface area contributed by atoms with Crippen LogP contribution in [0.1, 0.15) is 21.5 Å². The first kappa shape index (κ1) is 18.8. The Morgan fingerprint density at radius 3 is 2.55 bits per heavy atom. The summed E-state index contributed by atoms with van der Waals surface area (Å²) in [6, 6.07) is 18.3. The smallest absolute Gasteiger partial charge is 0.255 e. The lowest BCUT2D eigenvalue weighted by Crippen LogP contribution is -2.84. The summed E-state index contributed by atoms with van der Waals surface area (Å²) in [7, 11) is 1.55. The zero-order valence-electron chi connectivity index (χ0n) is 16.2. The number of carbonyl (C=O) groups excluding carboxylic acids is 1. The number of aromatic hydroxyl groups is 1. The molecule has 0 aliphatic carbocycles. The van der Waals surface area contributed by atoms with E-state index in [0.717, 1.165) is 30.9 Å². The number of ether oxygens (including phenoxy) is 1. The summed E-state index contributed by atoms with van der Waals surface area (Å²) in [5.41, 5.74) is 5.55. The van der Waals surface area contributed by atoms with E-state index in [1.165, 1.54) is 17.2 Å². The predicted octanol–water partition coefficient (Wildman–Crippen LogP) is 3.02.